The van der Waals surface area contributed by atoms with Gasteiger partial charge in [0, 0.05) is 49.8 Å². The van der Waals surface area contributed by atoms with Crippen LogP contribution in [0.2, 0.25) is 0 Å². The van der Waals surface area contributed by atoms with E-state index in [1.54, 1.807) is 6.20 Å². The lowest BCUT2D eigenvalue weighted by atomic mass is 10.1. The van der Waals surface area contributed by atoms with Gasteiger partial charge in [-0.2, -0.15) is 4.98 Å². The fourth-order valence-electron chi connectivity index (χ4n) is 3.07. The van der Waals surface area contributed by atoms with Crippen LogP contribution >= 0.6 is 0 Å². The maximum Gasteiger partial charge on any atom is 0.227 e. The molecule has 1 atom stereocenters. The first-order chi connectivity index (χ1) is 12.3. The molecule has 1 N–H and O–H groups in total. The van der Waals surface area contributed by atoms with Gasteiger partial charge in [-0.15, -0.1) is 0 Å². The van der Waals surface area contributed by atoms with Gasteiger partial charge in [-0.25, -0.2) is 4.98 Å². The second-order valence-electron chi connectivity index (χ2n) is 6.18. The number of nitrogens with one attached hydrogen (secondary N) is 1. The van der Waals surface area contributed by atoms with Crippen molar-refractivity contribution in [3.63, 3.8) is 0 Å². The van der Waals surface area contributed by atoms with Crippen molar-refractivity contribution in [3.8, 4) is 11.4 Å². The number of rotatable bonds is 5. The topological polar surface area (TPSA) is 85.8 Å². The van der Waals surface area contributed by atoms with Gasteiger partial charge in [0.2, 0.25) is 17.6 Å². The molecule has 1 aromatic carbocycles. The van der Waals surface area contributed by atoms with E-state index in [-0.39, 0.29) is 11.9 Å². The summed E-state index contributed by atoms with van der Waals surface area (Å²) >= 11 is 0. The maximum absolute atomic E-state index is 12.2. The minimum absolute atomic E-state index is 0.00743. The first kappa shape index (κ1) is 15.6. The Morgan fingerprint density at radius 2 is 2.20 bits per heavy atom. The molecular formula is C18H19N5O2. The van der Waals surface area contributed by atoms with Gasteiger partial charge in [0.1, 0.15) is 5.82 Å². The number of hydrogen-bond donors (Lipinski definition) is 1. The van der Waals surface area contributed by atoms with Gasteiger partial charge in [-0.3, -0.25) is 4.79 Å². The third kappa shape index (κ3) is 3.60. The number of aryl methyl sites for hydroxylation is 2. The normalized spacial score (nSPS) is 16.4. The van der Waals surface area contributed by atoms with E-state index in [1.807, 2.05) is 36.5 Å². The summed E-state index contributed by atoms with van der Waals surface area (Å²) in [6.07, 6.45) is 6.35. The second kappa shape index (κ2) is 6.88. The summed E-state index contributed by atoms with van der Waals surface area (Å²) in [6.45, 7) is 0.778. The van der Waals surface area contributed by atoms with Crippen molar-refractivity contribution in [1.82, 2.24) is 25.0 Å². The average molecular weight is 337 g/mol. The van der Waals surface area contributed by atoms with Gasteiger partial charge in [-0.05, 0) is 6.42 Å². The van der Waals surface area contributed by atoms with E-state index in [1.165, 1.54) is 0 Å². The van der Waals surface area contributed by atoms with Crippen molar-refractivity contribution >= 4 is 5.91 Å². The van der Waals surface area contributed by atoms with Crippen LogP contribution in [0.1, 0.15) is 24.6 Å². The van der Waals surface area contributed by atoms with Crippen molar-refractivity contribution in [3.05, 3.63) is 54.4 Å². The fourth-order valence-corrected chi connectivity index (χ4v) is 3.07. The van der Waals surface area contributed by atoms with E-state index in [0.717, 1.165) is 30.8 Å². The SMILES string of the molecule is O=C(CCc1nc(-c2ccccc2)no1)N[C@H]1CCc2nccn2C1. The van der Waals surface area contributed by atoms with Crippen LogP contribution < -0.4 is 5.32 Å². The predicted molar refractivity (Wildman–Crippen MR) is 90.5 cm³/mol. The molecule has 7 nitrogen and oxygen atoms in total. The van der Waals surface area contributed by atoms with Crippen LogP contribution in [0.5, 0.6) is 0 Å². The van der Waals surface area contributed by atoms with E-state index >= 15 is 0 Å². The molecule has 1 aliphatic heterocycles. The molecule has 0 unspecified atom stereocenters. The lowest BCUT2D eigenvalue weighted by Crippen LogP contribution is -2.41. The number of aromatic nitrogens is 4. The highest BCUT2D eigenvalue weighted by Crippen LogP contribution is 2.16. The minimum atomic E-state index is 0.00743. The lowest BCUT2D eigenvalue weighted by Gasteiger charge is -2.24. The molecule has 0 saturated carbocycles. The number of imidazole rings is 1. The van der Waals surface area contributed by atoms with Crippen LogP contribution in [0.25, 0.3) is 11.4 Å². The van der Waals surface area contributed by atoms with Crippen LogP contribution in [-0.2, 0) is 24.2 Å². The summed E-state index contributed by atoms with van der Waals surface area (Å²) in [4.78, 5) is 20.8. The Morgan fingerprint density at radius 1 is 1.32 bits per heavy atom. The first-order valence-electron chi connectivity index (χ1n) is 8.45. The molecule has 0 aliphatic carbocycles. The molecule has 7 heteroatoms. The third-order valence-corrected chi connectivity index (χ3v) is 4.37. The number of nitrogens with zero attached hydrogens (tertiary/aromatic N) is 4. The highest BCUT2D eigenvalue weighted by molar-refractivity contribution is 5.76. The predicted octanol–water partition coefficient (Wildman–Crippen LogP) is 2.00. The van der Waals surface area contributed by atoms with Crippen LogP contribution in [0.15, 0.2) is 47.2 Å². The van der Waals surface area contributed by atoms with Gasteiger partial charge in [0.25, 0.3) is 0 Å². The summed E-state index contributed by atoms with van der Waals surface area (Å²) < 4.78 is 7.34. The molecular weight excluding hydrogens is 318 g/mol. The molecule has 25 heavy (non-hydrogen) atoms. The molecule has 4 rings (SSSR count). The third-order valence-electron chi connectivity index (χ3n) is 4.37. The Kier molecular flexibility index (Phi) is 4.28. The smallest absolute Gasteiger partial charge is 0.227 e. The molecule has 2 aromatic heterocycles. The monoisotopic (exact) mass is 337 g/mol. The Labute approximate surface area is 145 Å². The lowest BCUT2D eigenvalue weighted by molar-refractivity contribution is -0.122. The Hall–Kier alpha value is -2.96. The summed E-state index contributed by atoms with van der Waals surface area (Å²) in [5.41, 5.74) is 0.903. The van der Waals surface area contributed by atoms with Crippen LogP contribution in [0, 0.1) is 0 Å². The summed E-state index contributed by atoms with van der Waals surface area (Å²) in [5.74, 6) is 2.13. The Bertz CT molecular complexity index is 855. The molecule has 0 bridgehead atoms. The molecule has 0 fully saturated rings. The summed E-state index contributed by atoms with van der Waals surface area (Å²) in [5, 5.41) is 7.05. The highest BCUT2D eigenvalue weighted by atomic mass is 16.5. The van der Waals surface area contributed by atoms with E-state index < -0.39 is 0 Å². The number of carbonyl (C=O) groups excluding carboxylic acids is 1. The van der Waals surface area contributed by atoms with Gasteiger partial charge in [0.05, 0.1) is 0 Å². The zero-order valence-electron chi connectivity index (χ0n) is 13.8. The zero-order chi connectivity index (χ0) is 17.1. The van der Waals surface area contributed by atoms with Gasteiger partial charge in [0.15, 0.2) is 0 Å². The van der Waals surface area contributed by atoms with Gasteiger partial charge in [-0.1, -0.05) is 35.5 Å². The molecule has 128 valence electrons. The Morgan fingerprint density at radius 3 is 3.08 bits per heavy atom. The quantitative estimate of drug-likeness (QED) is 0.769. The van der Waals surface area contributed by atoms with Crippen molar-refractivity contribution in [2.45, 2.75) is 38.3 Å². The number of carbonyl (C=O) groups is 1. The molecule has 0 radical (unpaired) electrons. The van der Waals surface area contributed by atoms with Crippen LogP contribution in [-0.4, -0.2) is 31.6 Å². The van der Waals surface area contributed by atoms with Gasteiger partial charge >= 0.3 is 0 Å². The van der Waals surface area contributed by atoms with E-state index in [9.17, 15) is 4.79 Å². The highest BCUT2D eigenvalue weighted by Gasteiger charge is 2.20. The van der Waals surface area contributed by atoms with Crippen LogP contribution in [0.4, 0.5) is 0 Å². The Balaban J connectivity index is 1.29. The molecule has 0 spiro atoms. The van der Waals surface area contributed by atoms with Crippen molar-refractivity contribution in [1.29, 1.82) is 0 Å². The number of benzene rings is 1. The van der Waals surface area contributed by atoms with Crippen molar-refractivity contribution in [2.24, 2.45) is 0 Å². The largest absolute Gasteiger partial charge is 0.352 e. The minimum Gasteiger partial charge on any atom is -0.352 e. The maximum atomic E-state index is 12.2. The van der Waals surface area contributed by atoms with Crippen molar-refractivity contribution < 1.29 is 9.32 Å². The molecule has 3 heterocycles. The molecule has 1 aliphatic rings. The van der Waals surface area contributed by atoms with Crippen molar-refractivity contribution in [2.75, 3.05) is 0 Å². The van der Waals surface area contributed by atoms with E-state index in [4.69, 9.17) is 4.52 Å². The number of hydrogen-bond acceptors (Lipinski definition) is 5. The second-order valence-corrected chi connectivity index (χ2v) is 6.18. The van der Waals surface area contributed by atoms with E-state index in [2.05, 4.69) is 25.0 Å². The van der Waals surface area contributed by atoms with Gasteiger partial charge < -0.3 is 14.4 Å². The number of fused-ring (bicyclic) bond motifs is 1. The van der Waals surface area contributed by atoms with Crippen LogP contribution in [0.3, 0.4) is 0 Å². The number of amides is 1. The molecule has 1 amide bonds. The van der Waals surface area contributed by atoms with E-state index in [0.29, 0.717) is 24.6 Å². The first-order valence-corrected chi connectivity index (χ1v) is 8.45. The standard InChI is InChI=1S/C18H19N5O2/c24-16(20-14-6-7-15-19-10-11-23(15)12-14)8-9-17-21-18(22-25-17)13-4-2-1-3-5-13/h1-5,10-11,14H,6-9,12H2,(H,20,24)/t14-/m0/s1. The molecule has 3 aromatic rings. The average Bonchev–Trinajstić information content (AvgIpc) is 3.30. The fraction of sp³-hybridized carbons (Fsp3) is 0.333. The summed E-state index contributed by atoms with van der Waals surface area (Å²) in [7, 11) is 0. The zero-order valence-corrected chi connectivity index (χ0v) is 13.8. The summed E-state index contributed by atoms with van der Waals surface area (Å²) in [6, 6.07) is 9.79. The molecule has 0 saturated heterocycles.